The van der Waals surface area contributed by atoms with E-state index in [1.165, 1.54) is 0 Å². The molecule has 0 radical (unpaired) electrons. The Morgan fingerprint density at radius 3 is 2.74 bits per heavy atom. The number of alkyl halides is 2. The van der Waals surface area contributed by atoms with Gasteiger partial charge in [-0.3, -0.25) is 14.7 Å². The second kappa shape index (κ2) is 11.2. The second-order valence-corrected chi connectivity index (χ2v) is 11.6. The van der Waals surface area contributed by atoms with Gasteiger partial charge in [0.25, 0.3) is 0 Å². The molecule has 39 heavy (non-hydrogen) atoms. The van der Waals surface area contributed by atoms with Crippen LogP contribution in [-0.4, -0.2) is 70.8 Å². The van der Waals surface area contributed by atoms with Crippen LogP contribution in [0.4, 0.5) is 14.5 Å². The standard InChI is InChI=1S/C29H33F2N5O2S/c30-29(31)9-6-20(7-10-29)33-24-16-23(38-22-4-2-1-3-5-22)14-19-15-25(35-27(19)24)28-34-21(18-39-28)8-12-36-13-11-32-26(37)17-36/h1-5,14-16,20-21,33,35H,6-13,17-18H2,(H,32,37)/t21-/m0/s1. The lowest BCUT2D eigenvalue weighted by molar-refractivity contribution is -0.124. The zero-order valence-electron chi connectivity index (χ0n) is 21.7. The third kappa shape index (κ3) is 6.38. The Kier molecular flexibility index (Phi) is 7.49. The minimum atomic E-state index is -2.57. The molecule has 0 unspecified atom stereocenters. The van der Waals surface area contributed by atoms with Gasteiger partial charge in [-0.15, -0.1) is 11.8 Å². The quantitative estimate of drug-likeness (QED) is 0.337. The number of hydrogen-bond acceptors (Lipinski definition) is 6. The molecule has 1 saturated heterocycles. The Morgan fingerprint density at radius 1 is 1.13 bits per heavy atom. The number of rotatable bonds is 8. The average Bonchev–Trinajstić information content (AvgIpc) is 3.57. The Morgan fingerprint density at radius 2 is 1.95 bits per heavy atom. The molecule has 6 rings (SSSR count). The molecule has 0 bridgehead atoms. The van der Waals surface area contributed by atoms with Crippen molar-refractivity contribution in [3.05, 3.63) is 54.2 Å². The number of carbonyl (C=O) groups is 1. The van der Waals surface area contributed by atoms with Crippen LogP contribution in [0.3, 0.4) is 0 Å². The fourth-order valence-electron chi connectivity index (χ4n) is 5.46. The largest absolute Gasteiger partial charge is 0.457 e. The highest BCUT2D eigenvalue weighted by Crippen LogP contribution is 2.38. The number of carbonyl (C=O) groups excluding carboxylic acids is 1. The van der Waals surface area contributed by atoms with E-state index in [0.717, 1.165) is 58.3 Å². The first kappa shape index (κ1) is 26.1. The van der Waals surface area contributed by atoms with Crippen LogP contribution in [0.1, 0.15) is 37.8 Å². The van der Waals surface area contributed by atoms with E-state index < -0.39 is 5.92 Å². The van der Waals surface area contributed by atoms with E-state index in [1.54, 1.807) is 11.8 Å². The average molecular weight is 554 g/mol. The van der Waals surface area contributed by atoms with Crippen LogP contribution in [0.15, 0.2) is 53.5 Å². The molecule has 206 valence electrons. The van der Waals surface area contributed by atoms with E-state index in [4.69, 9.17) is 9.73 Å². The maximum Gasteiger partial charge on any atom is 0.248 e. The van der Waals surface area contributed by atoms with Gasteiger partial charge >= 0.3 is 0 Å². The van der Waals surface area contributed by atoms with E-state index in [1.807, 2.05) is 42.5 Å². The maximum atomic E-state index is 13.8. The molecule has 0 spiro atoms. The first-order valence-corrected chi connectivity index (χ1v) is 14.6. The number of aromatic amines is 1. The first-order chi connectivity index (χ1) is 18.9. The smallest absolute Gasteiger partial charge is 0.248 e. The van der Waals surface area contributed by atoms with Crippen molar-refractivity contribution in [2.45, 2.75) is 50.1 Å². The van der Waals surface area contributed by atoms with Crippen LogP contribution in [-0.2, 0) is 4.79 Å². The van der Waals surface area contributed by atoms with Gasteiger partial charge in [-0.05, 0) is 43.5 Å². The van der Waals surface area contributed by atoms with E-state index in [0.29, 0.717) is 31.7 Å². The van der Waals surface area contributed by atoms with E-state index in [-0.39, 0.29) is 30.8 Å². The monoisotopic (exact) mass is 553 g/mol. The molecule has 1 aromatic heterocycles. The summed E-state index contributed by atoms with van der Waals surface area (Å²) in [6.07, 6.45) is 1.57. The molecule has 1 atom stereocenters. The lowest BCUT2D eigenvalue weighted by Crippen LogP contribution is -2.48. The third-order valence-electron chi connectivity index (χ3n) is 7.60. The van der Waals surface area contributed by atoms with Crippen LogP contribution < -0.4 is 15.4 Å². The van der Waals surface area contributed by atoms with Crippen LogP contribution in [0, 0.1) is 0 Å². The van der Waals surface area contributed by atoms with Crippen LogP contribution in [0.5, 0.6) is 11.5 Å². The number of anilines is 1. The number of hydrogen-bond donors (Lipinski definition) is 3. The number of para-hydroxylation sites is 1. The summed E-state index contributed by atoms with van der Waals surface area (Å²) in [5, 5.41) is 8.35. The van der Waals surface area contributed by atoms with Gasteiger partial charge in [0.2, 0.25) is 11.8 Å². The van der Waals surface area contributed by atoms with Gasteiger partial charge in [-0.2, -0.15) is 0 Å². The number of ether oxygens (including phenoxy) is 1. The number of nitrogens with one attached hydrogen (secondary N) is 3. The van der Waals surface area contributed by atoms with Gasteiger partial charge in [-0.25, -0.2) is 8.78 Å². The van der Waals surface area contributed by atoms with Gasteiger partial charge < -0.3 is 20.4 Å². The molecular formula is C29H33F2N5O2S. The molecule has 1 saturated carbocycles. The van der Waals surface area contributed by atoms with Gasteiger partial charge in [0.05, 0.1) is 29.5 Å². The zero-order chi connectivity index (χ0) is 26.8. The molecule has 2 aromatic carbocycles. The number of nitrogens with zero attached hydrogens (tertiary/aromatic N) is 2. The SMILES string of the molecule is O=C1CN(CC[C@H]2CSC(c3cc4cc(Oc5ccccc5)cc(NC5CCC(F)(F)CC5)c4[nH]3)=N2)CCN1. The van der Waals surface area contributed by atoms with E-state index in [2.05, 4.69) is 26.6 Å². The summed E-state index contributed by atoms with van der Waals surface area (Å²) in [4.78, 5) is 22.4. The Hall–Kier alpha value is -3.11. The zero-order valence-corrected chi connectivity index (χ0v) is 22.5. The summed E-state index contributed by atoms with van der Waals surface area (Å²) >= 11 is 1.74. The highest BCUT2D eigenvalue weighted by Gasteiger charge is 2.35. The highest BCUT2D eigenvalue weighted by molar-refractivity contribution is 8.14. The molecule has 3 N–H and O–H groups in total. The van der Waals surface area contributed by atoms with Crippen molar-refractivity contribution in [2.24, 2.45) is 4.99 Å². The van der Waals surface area contributed by atoms with Crippen molar-refractivity contribution in [3.63, 3.8) is 0 Å². The minimum Gasteiger partial charge on any atom is -0.457 e. The number of fused-ring (bicyclic) bond motifs is 1. The van der Waals surface area contributed by atoms with Crippen molar-refractivity contribution >= 4 is 39.3 Å². The van der Waals surface area contributed by atoms with E-state index >= 15 is 0 Å². The van der Waals surface area contributed by atoms with Crippen molar-refractivity contribution in [1.29, 1.82) is 0 Å². The number of halogens is 2. The van der Waals surface area contributed by atoms with Crippen LogP contribution in [0.25, 0.3) is 10.9 Å². The lowest BCUT2D eigenvalue weighted by atomic mass is 9.92. The van der Waals surface area contributed by atoms with Crippen LogP contribution >= 0.6 is 11.8 Å². The summed E-state index contributed by atoms with van der Waals surface area (Å²) in [5.74, 6) is -0.145. The molecule has 2 aliphatic heterocycles. The number of amides is 1. The minimum absolute atomic E-state index is 0.0222. The summed E-state index contributed by atoms with van der Waals surface area (Å²) in [6, 6.07) is 15.8. The molecular weight excluding hydrogens is 520 g/mol. The molecule has 10 heteroatoms. The Balaban J connectivity index is 1.22. The fraction of sp³-hybridized carbons (Fsp3) is 0.448. The third-order valence-corrected chi connectivity index (χ3v) is 8.75. The molecule has 1 amide bonds. The molecule has 7 nitrogen and oxygen atoms in total. The van der Waals surface area contributed by atoms with Gasteiger partial charge in [0, 0.05) is 55.7 Å². The van der Waals surface area contributed by atoms with E-state index in [9.17, 15) is 13.6 Å². The maximum absolute atomic E-state index is 13.8. The van der Waals surface area contributed by atoms with Gasteiger partial charge in [0.15, 0.2) is 0 Å². The number of benzene rings is 2. The Labute approximate surface area is 230 Å². The number of H-pyrrole nitrogens is 1. The summed E-state index contributed by atoms with van der Waals surface area (Å²) in [7, 11) is 0. The molecule has 1 aliphatic carbocycles. The molecule has 2 fully saturated rings. The summed E-state index contributed by atoms with van der Waals surface area (Å²) in [6.45, 7) is 2.90. The van der Waals surface area contributed by atoms with Gasteiger partial charge in [-0.1, -0.05) is 18.2 Å². The topological polar surface area (TPSA) is 81.8 Å². The molecule has 3 aliphatic rings. The van der Waals surface area contributed by atoms with Crippen molar-refractivity contribution in [3.8, 4) is 11.5 Å². The lowest BCUT2D eigenvalue weighted by Gasteiger charge is -2.29. The number of thioether (sulfide) groups is 1. The second-order valence-electron chi connectivity index (χ2n) is 10.6. The summed E-state index contributed by atoms with van der Waals surface area (Å²) < 4.78 is 33.7. The molecule has 3 aromatic rings. The normalized spacial score (nSPS) is 22.1. The van der Waals surface area contributed by atoms with Crippen molar-refractivity contribution in [2.75, 3.05) is 37.2 Å². The number of aliphatic imine (C=N–C) groups is 1. The van der Waals surface area contributed by atoms with Crippen LogP contribution in [0.2, 0.25) is 0 Å². The predicted molar refractivity (Wildman–Crippen MR) is 152 cm³/mol. The first-order valence-electron chi connectivity index (χ1n) is 13.6. The van der Waals surface area contributed by atoms with Crippen molar-refractivity contribution < 1.29 is 18.3 Å². The Bertz CT molecular complexity index is 1350. The predicted octanol–water partition coefficient (Wildman–Crippen LogP) is 5.63. The molecule has 3 heterocycles. The fourth-order valence-corrected chi connectivity index (χ4v) is 6.54. The number of piperazine rings is 1. The van der Waals surface area contributed by atoms with Gasteiger partial charge in [0.1, 0.15) is 16.5 Å². The highest BCUT2D eigenvalue weighted by atomic mass is 32.2. The van der Waals surface area contributed by atoms with Crippen molar-refractivity contribution in [1.82, 2.24) is 15.2 Å². The number of aromatic nitrogens is 1. The summed E-state index contributed by atoms with van der Waals surface area (Å²) in [5.41, 5.74) is 2.72.